The third kappa shape index (κ3) is 4.09. The first-order chi connectivity index (χ1) is 9.74. The van der Waals surface area contributed by atoms with Gasteiger partial charge in [-0.2, -0.15) is 0 Å². The van der Waals surface area contributed by atoms with Crippen LogP contribution >= 0.6 is 27.7 Å². The summed E-state index contributed by atoms with van der Waals surface area (Å²) in [6.45, 7) is 2.16. The molecule has 2 nitrogen and oxygen atoms in total. The van der Waals surface area contributed by atoms with E-state index in [1.807, 2.05) is 17.8 Å². The molecule has 3 N–H and O–H groups in total. The standard InChI is InChI=1S/C16H19BrN2S/c1-2-20-14-9-7-12(8-10-14)16(19-18)11-13-5-3-4-6-15(13)17/h3-10,16,19H,2,11,18H2,1H3. The number of nitrogens with one attached hydrogen (secondary N) is 1. The van der Waals surface area contributed by atoms with Crippen molar-refractivity contribution in [3.05, 3.63) is 64.1 Å². The monoisotopic (exact) mass is 350 g/mol. The Hall–Kier alpha value is -0.810. The van der Waals surface area contributed by atoms with Crippen LogP contribution in [-0.2, 0) is 6.42 Å². The minimum absolute atomic E-state index is 0.120. The van der Waals surface area contributed by atoms with Gasteiger partial charge in [-0.05, 0) is 41.5 Å². The van der Waals surface area contributed by atoms with Gasteiger partial charge in [0.2, 0.25) is 0 Å². The normalized spacial score (nSPS) is 12.3. The number of rotatable bonds is 6. The zero-order valence-corrected chi connectivity index (χ0v) is 13.9. The number of benzene rings is 2. The average molecular weight is 351 g/mol. The van der Waals surface area contributed by atoms with Gasteiger partial charge in [0, 0.05) is 9.37 Å². The molecule has 2 aromatic carbocycles. The summed E-state index contributed by atoms with van der Waals surface area (Å²) in [7, 11) is 0. The molecular weight excluding hydrogens is 332 g/mol. The molecule has 2 rings (SSSR count). The molecule has 2 aromatic rings. The van der Waals surface area contributed by atoms with Gasteiger partial charge in [-0.1, -0.05) is 53.2 Å². The molecule has 20 heavy (non-hydrogen) atoms. The minimum atomic E-state index is 0.120. The van der Waals surface area contributed by atoms with Crippen molar-refractivity contribution < 1.29 is 0 Å². The molecule has 0 aliphatic carbocycles. The lowest BCUT2D eigenvalue weighted by Crippen LogP contribution is -2.29. The van der Waals surface area contributed by atoms with Gasteiger partial charge in [-0.25, -0.2) is 0 Å². The summed E-state index contributed by atoms with van der Waals surface area (Å²) in [6, 6.07) is 17.0. The van der Waals surface area contributed by atoms with Crippen LogP contribution in [0.5, 0.6) is 0 Å². The molecular formula is C16H19BrN2S. The highest BCUT2D eigenvalue weighted by Gasteiger charge is 2.12. The van der Waals surface area contributed by atoms with Crippen LogP contribution < -0.4 is 11.3 Å². The SMILES string of the molecule is CCSc1ccc(C(Cc2ccccc2Br)NN)cc1. The van der Waals surface area contributed by atoms with Crippen molar-refractivity contribution >= 4 is 27.7 Å². The van der Waals surface area contributed by atoms with Gasteiger partial charge in [0.1, 0.15) is 0 Å². The maximum Gasteiger partial charge on any atom is 0.0500 e. The molecule has 0 aromatic heterocycles. The van der Waals surface area contributed by atoms with Crippen LogP contribution in [0.3, 0.4) is 0 Å². The van der Waals surface area contributed by atoms with Crippen LogP contribution in [0.15, 0.2) is 57.9 Å². The van der Waals surface area contributed by atoms with Gasteiger partial charge in [0.05, 0.1) is 6.04 Å². The second kappa shape index (κ2) is 7.84. The van der Waals surface area contributed by atoms with Crippen molar-refractivity contribution in [1.29, 1.82) is 0 Å². The fourth-order valence-electron chi connectivity index (χ4n) is 2.12. The van der Waals surface area contributed by atoms with Gasteiger partial charge in [0.15, 0.2) is 0 Å². The average Bonchev–Trinajstić information content (AvgIpc) is 2.48. The summed E-state index contributed by atoms with van der Waals surface area (Å²) < 4.78 is 1.12. The summed E-state index contributed by atoms with van der Waals surface area (Å²) in [6.07, 6.45) is 0.859. The van der Waals surface area contributed by atoms with Crippen LogP contribution in [0.25, 0.3) is 0 Å². The molecule has 0 saturated heterocycles. The molecule has 1 unspecified atom stereocenters. The van der Waals surface area contributed by atoms with Crippen molar-refractivity contribution in [2.75, 3.05) is 5.75 Å². The Morgan fingerprint density at radius 1 is 1.15 bits per heavy atom. The van der Waals surface area contributed by atoms with Crippen molar-refractivity contribution in [2.24, 2.45) is 5.84 Å². The second-order valence-corrected chi connectivity index (χ2v) is 6.71. The van der Waals surface area contributed by atoms with E-state index in [1.165, 1.54) is 16.0 Å². The molecule has 0 radical (unpaired) electrons. The molecule has 0 aliphatic rings. The molecule has 4 heteroatoms. The van der Waals surface area contributed by atoms with Gasteiger partial charge in [0.25, 0.3) is 0 Å². The Bertz CT molecular complexity index is 542. The minimum Gasteiger partial charge on any atom is -0.271 e. The van der Waals surface area contributed by atoms with Crippen molar-refractivity contribution in [1.82, 2.24) is 5.43 Å². The van der Waals surface area contributed by atoms with E-state index < -0.39 is 0 Å². The maximum atomic E-state index is 5.73. The van der Waals surface area contributed by atoms with E-state index in [0.717, 1.165) is 16.6 Å². The summed E-state index contributed by atoms with van der Waals surface area (Å²) in [5.74, 6) is 6.82. The third-order valence-corrected chi connectivity index (χ3v) is 4.84. The Balaban J connectivity index is 2.13. The van der Waals surface area contributed by atoms with E-state index in [1.54, 1.807) is 0 Å². The predicted molar refractivity (Wildman–Crippen MR) is 90.8 cm³/mol. The Morgan fingerprint density at radius 3 is 2.45 bits per heavy atom. The van der Waals surface area contributed by atoms with Crippen molar-refractivity contribution in [3.63, 3.8) is 0 Å². The highest BCUT2D eigenvalue weighted by Crippen LogP contribution is 2.25. The molecule has 0 heterocycles. The van der Waals surface area contributed by atoms with E-state index in [2.05, 4.69) is 70.7 Å². The Labute approximate surface area is 133 Å². The van der Waals surface area contributed by atoms with E-state index in [0.29, 0.717) is 0 Å². The van der Waals surface area contributed by atoms with Gasteiger partial charge < -0.3 is 0 Å². The van der Waals surface area contributed by atoms with Crippen molar-refractivity contribution in [2.45, 2.75) is 24.3 Å². The number of thioether (sulfide) groups is 1. The smallest absolute Gasteiger partial charge is 0.0500 e. The number of nitrogens with two attached hydrogens (primary N) is 1. The highest BCUT2D eigenvalue weighted by molar-refractivity contribution is 9.10. The fraction of sp³-hybridized carbons (Fsp3) is 0.250. The molecule has 0 aliphatic heterocycles. The summed E-state index contributed by atoms with van der Waals surface area (Å²) >= 11 is 5.44. The molecule has 0 spiro atoms. The van der Waals surface area contributed by atoms with E-state index in [-0.39, 0.29) is 6.04 Å². The Kier molecular flexibility index (Phi) is 6.10. The quantitative estimate of drug-likeness (QED) is 0.463. The van der Waals surface area contributed by atoms with E-state index >= 15 is 0 Å². The molecule has 0 saturated carbocycles. The first-order valence-electron chi connectivity index (χ1n) is 6.67. The maximum absolute atomic E-state index is 5.73. The van der Waals surface area contributed by atoms with Crippen LogP contribution in [0.1, 0.15) is 24.1 Å². The molecule has 0 bridgehead atoms. The van der Waals surface area contributed by atoms with Gasteiger partial charge >= 0.3 is 0 Å². The predicted octanol–water partition coefficient (Wildman–Crippen LogP) is 4.31. The molecule has 0 fully saturated rings. The molecule has 1 atom stereocenters. The fourth-order valence-corrected chi connectivity index (χ4v) is 3.23. The van der Waals surface area contributed by atoms with Crippen LogP contribution in [0.4, 0.5) is 0 Å². The van der Waals surface area contributed by atoms with Crippen LogP contribution in [0.2, 0.25) is 0 Å². The first-order valence-corrected chi connectivity index (χ1v) is 8.44. The zero-order valence-electron chi connectivity index (χ0n) is 11.5. The summed E-state index contributed by atoms with van der Waals surface area (Å²) in [5, 5.41) is 0. The van der Waals surface area contributed by atoms with Gasteiger partial charge in [-0.15, -0.1) is 11.8 Å². The Morgan fingerprint density at radius 2 is 1.85 bits per heavy atom. The summed E-state index contributed by atoms with van der Waals surface area (Å²) in [4.78, 5) is 1.30. The second-order valence-electron chi connectivity index (χ2n) is 4.52. The van der Waals surface area contributed by atoms with E-state index in [9.17, 15) is 0 Å². The van der Waals surface area contributed by atoms with Crippen LogP contribution in [0, 0.1) is 0 Å². The lowest BCUT2D eigenvalue weighted by molar-refractivity contribution is 0.551. The lowest BCUT2D eigenvalue weighted by Gasteiger charge is -2.17. The summed E-state index contributed by atoms with van der Waals surface area (Å²) in [5.41, 5.74) is 5.38. The largest absolute Gasteiger partial charge is 0.271 e. The third-order valence-electron chi connectivity index (χ3n) is 3.18. The number of hydrogen-bond acceptors (Lipinski definition) is 3. The van der Waals surface area contributed by atoms with E-state index in [4.69, 9.17) is 5.84 Å². The molecule has 0 amide bonds. The first kappa shape index (κ1) is 15.6. The lowest BCUT2D eigenvalue weighted by atomic mass is 9.99. The topological polar surface area (TPSA) is 38.0 Å². The van der Waals surface area contributed by atoms with Gasteiger partial charge in [-0.3, -0.25) is 11.3 Å². The van der Waals surface area contributed by atoms with Crippen LogP contribution in [-0.4, -0.2) is 5.75 Å². The number of hydrogen-bond donors (Lipinski definition) is 2. The highest BCUT2D eigenvalue weighted by atomic mass is 79.9. The number of halogens is 1. The zero-order chi connectivity index (χ0) is 14.4. The number of hydrazine groups is 1. The molecule has 106 valence electrons. The van der Waals surface area contributed by atoms with Crippen molar-refractivity contribution in [3.8, 4) is 0 Å².